The lowest BCUT2D eigenvalue weighted by molar-refractivity contribution is 0.0925. The lowest BCUT2D eigenvalue weighted by Gasteiger charge is -2.21. The SMILES string of the molecule is CC(C)(C)NCC(=O)c1cc(Cl)c(N2C(=O)c3ccccc3C2=O)c(Cl)c1. The average molecular weight is 405 g/mol. The number of ketones is 1. The monoisotopic (exact) mass is 404 g/mol. The van der Waals surface area contributed by atoms with Crippen LogP contribution >= 0.6 is 23.2 Å². The van der Waals surface area contributed by atoms with Crippen LogP contribution in [0.3, 0.4) is 0 Å². The van der Waals surface area contributed by atoms with Crippen molar-refractivity contribution in [2.75, 3.05) is 11.4 Å². The molecule has 0 saturated heterocycles. The van der Waals surface area contributed by atoms with Gasteiger partial charge in [0.2, 0.25) is 0 Å². The van der Waals surface area contributed by atoms with Crippen molar-refractivity contribution in [1.82, 2.24) is 5.32 Å². The number of hydrogen-bond acceptors (Lipinski definition) is 4. The zero-order valence-corrected chi connectivity index (χ0v) is 16.6. The third-order valence-electron chi connectivity index (χ3n) is 4.14. The Morgan fingerprint density at radius 3 is 1.93 bits per heavy atom. The number of halogens is 2. The molecule has 0 fully saturated rings. The molecule has 1 heterocycles. The summed E-state index contributed by atoms with van der Waals surface area (Å²) in [7, 11) is 0. The number of hydrogen-bond donors (Lipinski definition) is 1. The Morgan fingerprint density at radius 1 is 1.00 bits per heavy atom. The molecule has 0 unspecified atom stereocenters. The van der Waals surface area contributed by atoms with Gasteiger partial charge >= 0.3 is 0 Å². The molecule has 140 valence electrons. The molecule has 2 aromatic rings. The molecule has 7 heteroatoms. The molecule has 5 nitrogen and oxygen atoms in total. The van der Waals surface area contributed by atoms with Gasteiger partial charge in [0.15, 0.2) is 5.78 Å². The van der Waals surface area contributed by atoms with Crippen LogP contribution in [0.25, 0.3) is 0 Å². The van der Waals surface area contributed by atoms with E-state index in [0.717, 1.165) is 4.90 Å². The first-order valence-corrected chi connectivity index (χ1v) is 9.11. The topological polar surface area (TPSA) is 66.5 Å². The molecular weight excluding hydrogens is 387 g/mol. The Hall–Kier alpha value is -2.21. The molecule has 1 N–H and O–H groups in total. The summed E-state index contributed by atoms with van der Waals surface area (Å²) in [5.74, 6) is -1.18. The molecule has 0 aromatic heterocycles. The fraction of sp³-hybridized carbons (Fsp3) is 0.250. The second kappa shape index (κ2) is 7.08. The van der Waals surface area contributed by atoms with E-state index >= 15 is 0 Å². The van der Waals surface area contributed by atoms with Crippen LogP contribution in [-0.2, 0) is 0 Å². The fourth-order valence-electron chi connectivity index (χ4n) is 2.78. The first kappa shape index (κ1) is 19.5. The molecule has 3 rings (SSSR count). The Bertz CT molecular complexity index is 906. The van der Waals surface area contributed by atoms with E-state index in [-0.39, 0.29) is 33.6 Å². The maximum absolute atomic E-state index is 12.7. The fourth-order valence-corrected chi connectivity index (χ4v) is 3.44. The van der Waals surface area contributed by atoms with E-state index in [0.29, 0.717) is 16.7 Å². The largest absolute Gasteiger partial charge is 0.305 e. The van der Waals surface area contributed by atoms with Crippen molar-refractivity contribution in [3.8, 4) is 0 Å². The van der Waals surface area contributed by atoms with Gasteiger partial charge in [-0.1, -0.05) is 35.3 Å². The third-order valence-corrected chi connectivity index (χ3v) is 4.71. The second-order valence-electron chi connectivity index (χ2n) is 7.31. The summed E-state index contributed by atoms with van der Waals surface area (Å²) in [6, 6.07) is 9.38. The summed E-state index contributed by atoms with van der Waals surface area (Å²) in [5, 5.41) is 3.23. The van der Waals surface area contributed by atoms with E-state index in [9.17, 15) is 14.4 Å². The first-order chi connectivity index (χ1) is 12.6. The molecule has 1 aliphatic heterocycles. The number of carbonyl (C=O) groups is 3. The molecule has 0 aliphatic carbocycles. The number of benzene rings is 2. The summed E-state index contributed by atoms with van der Waals surface area (Å²) in [6.45, 7) is 5.96. The number of nitrogens with one attached hydrogen (secondary N) is 1. The van der Waals surface area contributed by atoms with Crippen LogP contribution < -0.4 is 10.2 Å². The highest BCUT2D eigenvalue weighted by molar-refractivity contribution is 6.45. The van der Waals surface area contributed by atoms with Gasteiger partial charge in [0, 0.05) is 11.1 Å². The van der Waals surface area contributed by atoms with Gasteiger partial charge in [-0.3, -0.25) is 14.4 Å². The molecule has 0 saturated carbocycles. The molecule has 0 radical (unpaired) electrons. The molecule has 2 amide bonds. The average Bonchev–Trinajstić information content (AvgIpc) is 2.84. The standard InChI is InChI=1S/C20H18Cl2N2O3/c1-20(2,3)23-10-16(25)11-8-14(21)17(15(22)9-11)24-18(26)12-6-4-5-7-13(12)19(24)27/h4-9,23H,10H2,1-3H3. The summed E-state index contributed by atoms with van der Waals surface area (Å²) in [4.78, 5) is 38.7. The Balaban J connectivity index is 1.94. The van der Waals surface area contributed by atoms with Crippen molar-refractivity contribution in [2.45, 2.75) is 26.3 Å². The van der Waals surface area contributed by atoms with Crippen molar-refractivity contribution in [3.05, 3.63) is 63.1 Å². The van der Waals surface area contributed by atoms with E-state index in [1.165, 1.54) is 12.1 Å². The zero-order chi connectivity index (χ0) is 19.9. The lowest BCUT2D eigenvalue weighted by Crippen LogP contribution is -2.39. The number of amides is 2. The van der Waals surface area contributed by atoms with E-state index in [4.69, 9.17) is 23.2 Å². The van der Waals surface area contributed by atoms with Gasteiger partial charge < -0.3 is 5.32 Å². The van der Waals surface area contributed by atoms with Gasteiger partial charge in [-0.05, 0) is 45.0 Å². The van der Waals surface area contributed by atoms with Crippen LogP contribution in [0.2, 0.25) is 10.0 Å². The highest BCUT2D eigenvalue weighted by Gasteiger charge is 2.38. The van der Waals surface area contributed by atoms with Gasteiger partial charge in [0.05, 0.1) is 33.4 Å². The zero-order valence-electron chi connectivity index (χ0n) is 15.1. The summed E-state index contributed by atoms with van der Waals surface area (Å²) in [6.07, 6.45) is 0. The quantitative estimate of drug-likeness (QED) is 0.606. The molecular formula is C20H18Cl2N2O3. The van der Waals surface area contributed by atoms with Crippen molar-refractivity contribution in [2.24, 2.45) is 0 Å². The van der Waals surface area contributed by atoms with Crippen molar-refractivity contribution in [3.63, 3.8) is 0 Å². The molecule has 2 aromatic carbocycles. The van der Waals surface area contributed by atoms with Crippen LogP contribution in [0.15, 0.2) is 36.4 Å². The molecule has 0 spiro atoms. The predicted molar refractivity (Wildman–Crippen MR) is 106 cm³/mol. The maximum Gasteiger partial charge on any atom is 0.266 e. The predicted octanol–water partition coefficient (Wildman–Crippen LogP) is 4.36. The van der Waals surface area contributed by atoms with E-state index in [1.807, 2.05) is 20.8 Å². The Labute approximate surface area is 167 Å². The second-order valence-corrected chi connectivity index (χ2v) is 8.12. The van der Waals surface area contributed by atoms with Crippen LogP contribution in [-0.4, -0.2) is 29.7 Å². The molecule has 1 aliphatic rings. The minimum absolute atomic E-state index is 0.0658. The van der Waals surface area contributed by atoms with Crippen LogP contribution in [0.5, 0.6) is 0 Å². The maximum atomic E-state index is 12.7. The van der Waals surface area contributed by atoms with Crippen molar-refractivity contribution in [1.29, 1.82) is 0 Å². The number of imide groups is 1. The van der Waals surface area contributed by atoms with Gasteiger partial charge in [-0.2, -0.15) is 0 Å². The third kappa shape index (κ3) is 3.76. The van der Waals surface area contributed by atoms with Gasteiger partial charge in [-0.15, -0.1) is 0 Å². The number of rotatable bonds is 4. The molecule has 0 atom stereocenters. The number of fused-ring (bicyclic) bond motifs is 1. The lowest BCUT2D eigenvalue weighted by atomic mass is 10.1. The first-order valence-electron chi connectivity index (χ1n) is 8.35. The summed E-state index contributed by atoms with van der Waals surface area (Å²) < 4.78 is 0. The highest BCUT2D eigenvalue weighted by atomic mass is 35.5. The molecule has 27 heavy (non-hydrogen) atoms. The highest BCUT2D eigenvalue weighted by Crippen LogP contribution is 2.39. The normalized spacial score (nSPS) is 13.9. The smallest absolute Gasteiger partial charge is 0.266 e. The van der Waals surface area contributed by atoms with E-state index in [1.54, 1.807) is 24.3 Å². The van der Waals surface area contributed by atoms with Gasteiger partial charge in [0.1, 0.15) is 0 Å². The Kier molecular flexibility index (Phi) is 5.12. The summed E-state index contributed by atoms with van der Waals surface area (Å²) >= 11 is 12.6. The number of anilines is 1. The molecule has 0 bridgehead atoms. The van der Waals surface area contributed by atoms with E-state index in [2.05, 4.69) is 5.32 Å². The van der Waals surface area contributed by atoms with Gasteiger partial charge in [0.25, 0.3) is 11.8 Å². The number of nitrogens with zero attached hydrogens (tertiary/aromatic N) is 1. The van der Waals surface area contributed by atoms with E-state index < -0.39 is 11.8 Å². The number of Topliss-reactive ketones (excluding diaryl/α,β-unsaturated/α-hetero) is 1. The van der Waals surface area contributed by atoms with Crippen LogP contribution in [0, 0.1) is 0 Å². The number of carbonyl (C=O) groups excluding carboxylic acids is 3. The van der Waals surface area contributed by atoms with Crippen LogP contribution in [0.4, 0.5) is 5.69 Å². The Morgan fingerprint density at radius 2 is 1.48 bits per heavy atom. The van der Waals surface area contributed by atoms with Crippen LogP contribution in [0.1, 0.15) is 51.8 Å². The van der Waals surface area contributed by atoms with Gasteiger partial charge in [-0.25, -0.2) is 4.90 Å². The van der Waals surface area contributed by atoms with Crippen molar-refractivity contribution >= 4 is 46.5 Å². The van der Waals surface area contributed by atoms with Crippen molar-refractivity contribution < 1.29 is 14.4 Å². The minimum Gasteiger partial charge on any atom is -0.305 e. The summed E-state index contributed by atoms with van der Waals surface area (Å²) in [5.41, 5.74) is 0.767. The minimum atomic E-state index is -0.493.